The van der Waals surface area contributed by atoms with Gasteiger partial charge in [0.1, 0.15) is 17.2 Å². The summed E-state index contributed by atoms with van der Waals surface area (Å²) in [6, 6.07) is -0.436. The smallest absolute Gasteiger partial charge is 0.407 e. The predicted octanol–water partition coefficient (Wildman–Crippen LogP) is 2.92. The van der Waals surface area contributed by atoms with E-state index in [9.17, 15) is 19.5 Å². The van der Waals surface area contributed by atoms with E-state index >= 15 is 0 Å². The Hall–Kier alpha value is -2.95. The molecule has 212 valence electrons. The molecule has 0 radical (unpaired) electrons. The molecule has 0 aromatic carbocycles. The Bertz CT molecular complexity index is 991. The molecule has 0 unspecified atom stereocenters. The normalized spacial score (nSPS) is 19.8. The number of nitrogens with one attached hydrogen (secondary N) is 1. The first-order chi connectivity index (χ1) is 17.9. The van der Waals surface area contributed by atoms with E-state index in [1.807, 2.05) is 34.6 Å². The molecule has 38 heavy (non-hydrogen) atoms. The first kappa shape index (κ1) is 29.6. The van der Waals surface area contributed by atoms with Gasteiger partial charge in [-0.25, -0.2) is 14.8 Å². The Morgan fingerprint density at radius 1 is 1.21 bits per heavy atom. The molecule has 1 aromatic rings. The van der Waals surface area contributed by atoms with Gasteiger partial charge in [-0.3, -0.25) is 9.59 Å². The Balaban J connectivity index is 1.94. The molecular weight excluding hydrogens is 488 g/mol. The summed E-state index contributed by atoms with van der Waals surface area (Å²) >= 11 is 0. The van der Waals surface area contributed by atoms with Crippen molar-refractivity contribution in [2.24, 2.45) is 11.8 Å². The summed E-state index contributed by atoms with van der Waals surface area (Å²) in [4.78, 5) is 53.3. The molecule has 3 heterocycles. The van der Waals surface area contributed by atoms with E-state index in [4.69, 9.17) is 9.72 Å². The van der Waals surface area contributed by atoms with Crippen molar-refractivity contribution in [2.75, 3.05) is 58.3 Å². The van der Waals surface area contributed by atoms with E-state index in [0.29, 0.717) is 56.4 Å². The van der Waals surface area contributed by atoms with Crippen molar-refractivity contribution in [3.05, 3.63) is 17.6 Å². The number of carbonyl (C=O) groups is 3. The topological polar surface area (TPSA) is 128 Å². The lowest BCUT2D eigenvalue weighted by Gasteiger charge is -2.44. The lowest BCUT2D eigenvalue weighted by Crippen LogP contribution is -2.58. The number of carbonyl (C=O) groups excluding carboxylic acids is 2. The number of hydrogen-bond acceptors (Lipinski definition) is 7. The van der Waals surface area contributed by atoms with Crippen LogP contribution in [-0.4, -0.2) is 107 Å². The Kier molecular flexibility index (Phi) is 9.92. The van der Waals surface area contributed by atoms with Crippen LogP contribution in [-0.2, 0) is 14.9 Å². The largest absolute Gasteiger partial charge is 0.465 e. The third-order valence-corrected chi connectivity index (χ3v) is 6.99. The average Bonchev–Trinajstić information content (AvgIpc) is 2.82. The van der Waals surface area contributed by atoms with Gasteiger partial charge >= 0.3 is 6.09 Å². The molecule has 2 fully saturated rings. The maximum absolute atomic E-state index is 14.1. The van der Waals surface area contributed by atoms with Crippen molar-refractivity contribution in [1.82, 2.24) is 24.7 Å². The van der Waals surface area contributed by atoms with Gasteiger partial charge in [-0.2, -0.15) is 0 Å². The van der Waals surface area contributed by atoms with Crippen LogP contribution >= 0.6 is 0 Å². The molecule has 3 rings (SSSR count). The molecule has 2 N–H and O–H groups in total. The van der Waals surface area contributed by atoms with E-state index in [-0.39, 0.29) is 36.2 Å². The van der Waals surface area contributed by atoms with E-state index in [1.54, 1.807) is 23.1 Å². The average molecular weight is 533 g/mol. The highest BCUT2D eigenvalue weighted by Crippen LogP contribution is 2.28. The SMILES string of the molecule is COCCCNc1nc(C(C)(C)C)ncc1C(=O)N(CC(C)C)[C@H]1C[C@@H](C(=O)N2CCC2)CN(C(=O)O)C1. The number of carboxylic acid groups (broad SMARTS) is 1. The lowest BCUT2D eigenvalue weighted by atomic mass is 9.90. The molecule has 0 bridgehead atoms. The minimum atomic E-state index is -1.08. The van der Waals surface area contributed by atoms with Crippen molar-refractivity contribution >= 4 is 23.7 Å². The lowest BCUT2D eigenvalue weighted by molar-refractivity contribution is -0.141. The second-order valence-corrected chi connectivity index (χ2v) is 11.8. The van der Waals surface area contributed by atoms with Crippen molar-refractivity contribution in [3.8, 4) is 0 Å². The van der Waals surface area contributed by atoms with Crippen molar-refractivity contribution in [2.45, 2.75) is 65.3 Å². The minimum absolute atomic E-state index is 0.0255. The molecule has 2 aliphatic rings. The van der Waals surface area contributed by atoms with E-state index in [1.165, 1.54) is 4.90 Å². The van der Waals surface area contributed by atoms with Gasteiger partial charge in [0.05, 0.1) is 12.0 Å². The summed E-state index contributed by atoms with van der Waals surface area (Å²) in [5.74, 6) is 0.450. The van der Waals surface area contributed by atoms with Gasteiger partial charge in [-0.15, -0.1) is 0 Å². The van der Waals surface area contributed by atoms with Crippen molar-refractivity contribution in [3.63, 3.8) is 0 Å². The van der Waals surface area contributed by atoms with E-state index in [2.05, 4.69) is 10.3 Å². The number of hydrogen-bond donors (Lipinski definition) is 2. The van der Waals surface area contributed by atoms with Crippen LogP contribution in [0.2, 0.25) is 0 Å². The fraction of sp³-hybridized carbons (Fsp3) is 0.741. The molecular formula is C27H44N6O5. The third kappa shape index (κ3) is 7.33. The van der Waals surface area contributed by atoms with Gasteiger partial charge in [0.25, 0.3) is 5.91 Å². The number of rotatable bonds is 10. The number of ether oxygens (including phenoxy) is 1. The quantitative estimate of drug-likeness (QED) is 0.440. The molecule has 3 amide bonds. The van der Waals surface area contributed by atoms with Gasteiger partial charge in [0, 0.05) is 64.6 Å². The summed E-state index contributed by atoms with van der Waals surface area (Å²) in [5.41, 5.74) is 0.0342. The summed E-state index contributed by atoms with van der Waals surface area (Å²) in [6.45, 7) is 13.4. The second-order valence-electron chi connectivity index (χ2n) is 11.8. The van der Waals surface area contributed by atoms with Gasteiger partial charge in [-0.05, 0) is 25.2 Å². The summed E-state index contributed by atoms with van der Waals surface area (Å²) in [5, 5.41) is 13.1. The zero-order valence-corrected chi connectivity index (χ0v) is 23.7. The molecule has 11 heteroatoms. The minimum Gasteiger partial charge on any atom is -0.465 e. The maximum atomic E-state index is 14.1. The molecule has 0 saturated carbocycles. The molecule has 0 aliphatic carbocycles. The highest BCUT2D eigenvalue weighted by molar-refractivity contribution is 5.98. The highest BCUT2D eigenvalue weighted by Gasteiger charge is 2.41. The fourth-order valence-electron chi connectivity index (χ4n) is 4.83. The number of methoxy groups -OCH3 is 1. The standard InChI is InChI=1S/C27H44N6O5/c1-18(2)15-33(20-13-19(16-32(17-20)26(36)37)23(34)31-10-8-11-31)24(35)21-14-29-25(27(3,4)5)30-22(21)28-9-7-12-38-6/h14,18-20H,7-13,15-17H2,1-6H3,(H,36,37)(H,28,29,30)/t19-,20+/m1/s1. The summed E-state index contributed by atoms with van der Waals surface area (Å²) in [6.07, 6.45) is 2.63. The van der Waals surface area contributed by atoms with Crippen LogP contribution in [0.25, 0.3) is 0 Å². The van der Waals surface area contributed by atoms with Gasteiger partial charge in [-0.1, -0.05) is 34.6 Å². The zero-order valence-electron chi connectivity index (χ0n) is 23.7. The van der Waals surface area contributed by atoms with Crippen LogP contribution in [0.5, 0.6) is 0 Å². The van der Waals surface area contributed by atoms with Crippen LogP contribution in [0.3, 0.4) is 0 Å². The highest BCUT2D eigenvalue weighted by atomic mass is 16.5. The van der Waals surface area contributed by atoms with Crippen LogP contribution in [0.1, 0.15) is 70.1 Å². The molecule has 2 aliphatic heterocycles. The number of aromatic nitrogens is 2. The summed E-state index contributed by atoms with van der Waals surface area (Å²) in [7, 11) is 1.64. The Morgan fingerprint density at radius 3 is 2.47 bits per heavy atom. The molecule has 2 saturated heterocycles. The van der Waals surface area contributed by atoms with Gasteiger partial charge in [0.2, 0.25) is 5.91 Å². The second kappa shape index (κ2) is 12.7. The molecule has 11 nitrogen and oxygen atoms in total. The van der Waals surface area contributed by atoms with Crippen molar-refractivity contribution < 1.29 is 24.2 Å². The predicted molar refractivity (Wildman–Crippen MR) is 144 cm³/mol. The van der Waals surface area contributed by atoms with E-state index < -0.39 is 18.1 Å². The van der Waals surface area contributed by atoms with E-state index in [0.717, 1.165) is 12.8 Å². The zero-order chi connectivity index (χ0) is 28.0. The monoisotopic (exact) mass is 532 g/mol. The van der Waals surface area contributed by atoms with Crippen LogP contribution in [0.15, 0.2) is 6.20 Å². The van der Waals surface area contributed by atoms with Crippen LogP contribution in [0.4, 0.5) is 10.6 Å². The van der Waals surface area contributed by atoms with Crippen molar-refractivity contribution in [1.29, 1.82) is 0 Å². The first-order valence-electron chi connectivity index (χ1n) is 13.6. The summed E-state index contributed by atoms with van der Waals surface area (Å²) < 4.78 is 5.15. The maximum Gasteiger partial charge on any atom is 0.407 e. The van der Waals surface area contributed by atoms with Crippen LogP contribution < -0.4 is 5.32 Å². The van der Waals surface area contributed by atoms with Gasteiger partial charge < -0.3 is 29.9 Å². The molecule has 2 atom stereocenters. The fourth-order valence-corrected chi connectivity index (χ4v) is 4.83. The van der Waals surface area contributed by atoms with Crippen LogP contribution in [0, 0.1) is 11.8 Å². The third-order valence-electron chi connectivity index (χ3n) is 6.99. The number of anilines is 1. The van der Waals surface area contributed by atoms with Gasteiger partial charge in [0.15, 0.2) is 0 Å². The number of piperidine rings is 1. The number of amides is 3. The Labute approximate surface area is 225 Å². The molecule has 0 spiro atoms. The molecule has 1 aromatic heterocycles. The number of likely N-dealkylation sites (tertiary alicyclic amines) is 2. The number of nitrogens with zero attached hydrogens (tertiary/aromatic N) is 5. The first-order valence-corrected chi connectivity index (χ1v) is 13.6. The Morgan fingerprint density at radius 2 is 1.92 bits per heavy atom.